The predicted octanol–water partition coefficient (Wildman–Crippen LogP) is 7.36. The van der Waals surface area contributed by atoms with Gasteiger partial charge in [-0.2, -0.15) is 0 Å². The van der Waals surface area contributed by atoms with Gasteiger partial charge in [-0.25, -0.2) is 8.78 Å². The largest absolute Gasteiger partial charge is 0.343 e. The van der Waals surface area contributed by atoms with Crippen LogP contribution in [-0.2, 0) is 0 Å². The third-order valence-corrected chi connectivity index (χ3v) is 5.02. The van der Waals surface area contributed by atoms with Crippen molar-refractivity contribution in [3.63, 3.8) is 0 Å². The Morgan fingerprint density at radius 2 is 1.50 bits per heavy atom. The Morgan fingerprint density at radius 1 is 0.962 bits per heavy atom. The molecule has 3 rings (SSSR count). The van der Waals surface area contributed by atoms with Gasteiger partial charge in [-0.05, 0) is 39.7 Å². The van der Waals surface area contributed by atoms with E-state index in [0.717, 1.165) is 15.6 Å². The molecular weight excluding hydrogens is 464 g/mol. The zero-order valence-corrected chi connectivity index (χ0v) is 18.0. The fourth-order valence-corrected chi connectivity index (χ4v) is 3.56. The minimum Gasteiger partial charge on any atom is -0.343 e. The number of rotatable bonds is 2. The van der Waals surface area contributed by atoms with E-state index in [9.17, 15) is 8.78 Å². The molecule has 0 saturated carbocycles. The molecule has 0 fully saturated rings. The molecular formula is C21H19Br2F2N. The summed E-state index contributed by atoms with van der Waals surface area (Å²) in [4.78, 5) is 1.70. The lowest BCUT2D eigenvalue weighted by Crippen LogP contribution is -2.21. The molecule has 0 unspecified atom stereocenters. The van der Waals surface area contributed by atoms with Crippen LogP contribution in [0.5, 0.6) is 0 Å². The third kappa shape index (κ3) is 3.99. The van der Waals surface area contributed by atoms with Crippen molar-refractivity contribution in [1.82, 2.24) is 4.90 Å². The van der Waals surface area contributed by atoms with Crippen LogP contribution in [0.25, 0.3) is 11.3 Å². The van der Waals surface area contributed by atoms with Crippen molar-refractivity contribution >= 4 is 43.1 Å². The Hall–Kier alpha value is -1.72. The van der Waals surface area contributed by atoms with Crippen LogP contribution < -0.4 is 0 Å². The molecule has 1 heterocycles. The fraction of sp³-hybridized carbons (Fsp3) is 0.143. The molecule has 5 heteroatoms. The second-order valence-corrected chi connectivity index (χ2v) is 7.14. The van der Waals surface area contributed by atoms with E-state index >= 15 is 0 Å². The summed E-state index contributed by atoms with van der Waals surface area (Å²) in [6, 6.07) is 12.0. The number of benzene rings is 2. The SMILES string of the molecule is C=C1C(Br)=CC(c2ccccc2)=C(c2c(F)cc(Br)cc2F)N1C.CC. The molecule has 1 nitrogen and oxygen atoms in total. The monoisotopic (exact) mass is 481 g/mol. The average Bonchev–Trinajstić information content (AvgIpc) is 2.63. The standard InChI is InChI=1S/C19H13Br2F2N.C2H6/c1-11-15(21)10-14(12-6-4-3-5-7-12)19(24(11)2)18-16(22)8-13(20)9-17(18)23;1-2/h3-10H,1H2,2H3;1-2H3. The van der Waals surface area contributed by atoms with E-state index in [1.54, 1.807) is 11.9 Å². The van der Waals surface area contributed by atoms with E-state index in [1.807, 2.05) is 50.3 Å². The van der Waals surface area contributed by atoms with Gasteiger partial charge in [0.25, 0.3) is 0 Å². The van der Waals surface area contributed by atoms with Gasteiger partial charge in [-0.3, -0.25) is 0 Å². The number of nitrogens with zero attached hydrogens (tertiary/aromatic N) is 1. The first-order valence-corrected chi connectivity index (χ1v) is 9.73. The highest BCUT2D eigenvalue weighted by Gasteiger charge is 2.27. The van der Waals surface area contributed by atoms with Gasteiger partial charge in [-0.1, -0.05) is 66.7 Å². The molecule has 0 spiro atoms. The lowest BCUT2D eigenvalue weighted by Gasteiger charge is -2.31. The molecule has 26 heavy (non-hydrogen) atoms. The highest BCUT2D eigenvalue weighted by molar-refractivity contribution is 9.12. The van der Waals surface area contributed by atoms with Gasteiger partial charge in [0.1, 0.15) is 11.6 Å². The molecule has 1 aliphatic rings. The molecule has 1 aliphatic heterocycles. The maximum absolute atomic E-state index is 14.6. The van der Waals surface area contributed by atoms with Crippen molar-refractivity contribution in [2.45, 2.75) is 13.8 Å². The second kappa shape index (κ2) is 8.78. The maximum atomic E-state index is 14.6. The Bertz CT molecular complexity index is 863. The summed E-state index contributed by atoms with van der Waals surface area (Å²) in [5, 5.41) is 0. The lowest BCUT2D eigenvalue weighted by atomic mass is 9.94. The van der Waals surface area contributed by atoms with E-state index in [0.29, 0.717) is 15.9 Å². The summed E-state index contributed by atoms with van der Waals surface area (Å²) in [5.41, 5.74) is 2.59. The van der Waals surface area contributed by atoms with Gasteiger partial charge >= 0.3 is 0 Å². The Labute approximate surface area is 170 Å². The lowest BCUT2D eigenvalue weighted by molar-refractivity contribution is 0.549. The Kier molecular flexibility index (Phi) is 6.95. The first kappa shape index (κ1) is 20.6. The number of halogens is 4. The van der Waals surface area contributed by atoms with Crippen molar-refractivity contribution in [3.05, 3.63) is 92.5 Å². The van der Waals surface area contributed by atoms with E-state index in [1.165, 1.54) is 12.1 Å². The van der Waals surface area contributed by atoms with Crippen molar-refractivity contribution in [2.24, 2.45) is 0 Å². The van der Waals surface area contributed by atoms with Crippen molar-refractivity contribution < 1.29 is 8.78 Å². The molecule has 0 amide bonds. The van der Waals surface area contributed by atoms with Gasteiger partial charge in [0.05, 0.1) is 11.3 Å². The highest BCUT2D eigenvalue weighted by atomic mass is 79.9. The van der Waals surface area contributed by atoms with Gasteiger partial charge in [0.15, 0.2) is 0 Å². The number of allylic oxidation sites excluding steroid dienone is 3. The summed E-state index contributed by atoms with van der Waals surface area (Å²) in [5.74, 6) is -1.26. The summed E-state index contributed by atoms with van der Waals surface area (Å²) in [7, 11) is 1.75. The van der Waals surface area contributed by atoms with Gasteiger partial charge in [0, 0.05) is 27.3 Å². The molecule has 0 N–H and O–H groups in total. The molecule has 0 aromatic heterocycles. The van der Waals surface area contributed by atoms with Gasteiger partial charge < -0.3 is 4.90 Å². The molecule has 0 aliphatic carbocycles. The van der Waals surface area contributed by atoms with Crippen LogP contribution in [0.15, 0.2) is 69.8 Å². The molecule has 2 aromatic rings. The van der Waals surface area contributed by atoms with Crippen LogP contribution in [0.3, 0.4) is 0 Å². The topological polar surface area (TPSA) is 3.24 Å². The summed E-state index contributed by atoms with van der Waals surface area (Å²) < 4.78 is 30.3. The van der Waals surface area contributed by atoms with Crippen LogP contribution in [0.2, 0.25) is 0 Å². The van der Waals surface area contributed by atoms with Crippen LogP contribution in [0.1, 0.15) is 25.0 Å². The first-order chi connectivity index (χ1) is 12.4. The highest BCUT2D eigenvalue weighted by Crippen LogP contribution is 2.41. The quantitative estimate of drug-likeness (QED) is 0.432. The fourth-order valence-electron chi connectivity index (χ4n) is 2.66. The molecule has 2 aromatic carbocycles. The number of hydrogen-bond donors (Lipinski definition) is 0. The van der Waals surface area contributed by atoms with Gasteiger partial charge in [0.2, 0.25) is 0 Å². The smallest absolute Gasteiger partial charge is 0.136 e. The zero-order valence-electron chi connectivity index (χ0n) is 14.8. The number of likely N-dealkylation sites (N-methyl/N-ethyl adjacent to an activating group) is 1. The van der Waals surface area contributed by atoms with E-state index in [2.05, 4.69) is 38.4 Å². The average molecular weight is 483 g/mol. The Morgan fingerprint density at radius 3 is 2.04 bits per heavy atom. The summed E-state index contributed by atoms with van der Waals surface area (Å²) in [6.07, 6.45) is 1.84. The van der Waals surface area contributed by atoms with E-state index < -0.39 is 11.6 Å². The van der Waals surface area contributed by atoms with E-state index in [4.69, 9.17) is 0 Å². The van der Waals surface area contributed by atoms with Crippen LogP contribution >= 0.6 is 31.9 Å². The summed E-state index contributed by atoms with van der Waals surface area (Å²) >= 11 is 6.59. The van der Waals surface area contributed by atoms with Crippen molar-refractivity contribution in [3.8, 4) is 0 Å². The van der Waals surface area contributed by atoms with Crippen molar-refractivity contribution in [2.75, 3.05) is 7.05 Å². The van der Waals surface area contributed by atoms with Crippen LogP contribution in [0, 0.1) is 11.6 Å². The zero-order chi connectivity index (χ0) is 19.4. The molecule has 0 radical (unpaired) electrons. The Balaban J connectivity index is 0.00000117. The molecule has 0 bridgehead atoms. The molecule has 0 atom stereocenters. The molecule has 136 valence electrons. The maximum Gasteiger partial charge on any atom is 0.136 e. The minimum absolute atomic E-state index is 0.0723. The normalized spacial score (nSPS) is 14.0. The number of hydrogen-bond acceptors (Lipinski definition) is 1. The van der Waals surface area contributed by atoms with Gasteiger partial charge in [-0.15, -0.1) is 0 Å². The molecule has 0 saturated heterocycles. The van der Waals surface area contributed by atoms with Crippen LogP contribution in [0.4, 0.5) is 8.78 Å². The van der Waals surface area contributed by atoms with Crippen molar-refractivity contribution in [1.29, 1.82) is 0 Å². The van der Waals surface area contributed by atoms with Crippen LogP contribution in [-0.4, -0.2) is 11.9 Å². The minimum atomic E-state index is -0.628. The second-order valence-electron chi connectivity index (χ2n) is 5.37. The van der Waals surface area contributed by atoms with E-state index in [-0.39, 0.29) is 5.56 Å². The first-order valence-electron chi connectivity index (χ1n) is 8.15. The predicted molar refractivity (Wildman–Crippen MR) is 113 cm³/mol. The third-order valence-electron chi connectivity index (χ3n) is 3.87. The summed E-state index contributed by atoms with van der Waals surface area (Å²) in [6.45, 7) is 7.98.